The van der Waals surface area contributed by atoms with Crippen LogP contribution in [0.2, 0.25) is 0 Å². The summed E-state index contributed by atoms with van der Waals surface area (Å²) >= 11 is 0. The van der Waals surface area contributed by atoms with Crippen LogP contribution in [-0.4, -0.2) is 26.0 Å². The van der Waals surface area contributed by atoms with Crippen molar-refractivity contribution in [3.63, 3.8) is 0 Å². The van der Waals surface area contributed by atoms with Gasteiger partial charge in [0.1, 0.15) is 17.7 Å². The molecule has 7 nitrogen and oxygen atoms in total. The van der Waals surface area contributed by atoms with Crippen molar-refractivity contribution in [3.05, 3.63) is 58.8 Å². The van der Waals surface area contributed by atoms with Crippen molar-refractivity contribution in [1.29, 1.82) is 0 Å². The molecular formula is C14H13N5O2. The fourth-order valence-electron chi connectivity index (χ4n) is 2.36. The third-order valence-corrected chi connectivity index (χ3v) is 3.25. The molecule has 21 heavy (non-hydrogen) atoms. The molecule has 0 aliphatic carbocycles. The lowest BCUT2D eigenvalue weighted by molar-refractivity contribution is -0.384. The largest absolute Gasteiger partial charge is 0.330 e. The molecule has 0 saturated carbocycles. The molecule has 0 bridgehead atoms. The van der Waals surface area contributed by atoms with E-state index in [0.717, 1.165) is 0 Å². The van der Waals surface area contributed by atoms with Crippen LogP contribution in [0.15, 0.2) is 42.9 Å². The van der Waals surface area contributed by atoms with Crippen LogP contribution < -0.4 is 5.73 Å². The monoisotopic (exact) mass is 283 g/mol. The van der Waals surface area contributed by atoms with Gasteiger partial charge in [0.05, 0.1) is 10.4 Å². The summed E-state index contributed by atoms with van der Waals surface area (Å²) in [6, 6.07) is 7.31. The summed E-state index contributed by atoms with van der Waals surface area (Å²) in [7, 11) is 0. The highest BCUT2D eigenvalue weighted by molar-refractivity contribution is 5.91. The summed E-state index contributed by atoms with van der Waals surface area (Å²) in [5.41, 5.74) is 6.70. The Morgan fingerprint density at radius 2 is 2.10 bits per heavy atom. The Morgan fingerprint density at radius 3 is 2.86 bits per heavy atom. The molecule has 0 spiro atoms. The quantitative estimate of drug-likeness (QED) is 0.581. The number of aromatic nitrogens is 3. The van der Waals surface area contributed by atoms with Gasteiger partial charge in [0.2, 0.25) is 0 Å². The molecule has 0 unspecified atom stereocenters. The highest BCUT2D eigenvalue weighted by Crippen LogP contribution is 2.30. The van der Waals surface area contributed by atoms with Crippen LogP contribution in [0.4, 0.5) is 5.69 Å². The number of imidazole rings is 1. The first-order valence-electron chi connectivity index (χ1n) is 6.47. The number of para-hydroxylation sites is 1. The topological polar surface area (TPSA) is 99.9 Å². The number of nitro groups is 1. The van der Waals surface area contributed by atoms with Crippen molar-refractivity contribution >= 4 is 16.6 Å². The number of nitrogens with two attached hydrogens (primary N) is 1. The first kappa shape index (κ1) is 13.2. The Hall–Kier alpha value is -2.80. The zero-order valence-electron chi connectivity index (χ0n) is 11.1. The van der Waals surface area contributed by atoms with Gasteiger partial charge in [0.25, 0.3) is 0 Å². The van der Waals surface area contributed by atoms with Crippen LogP contribution >= 0.6 is 0 Å². The van der Waals surface area contributed by atoms with Crippen LogP contribution in [0, 0.1) is 10.1 Å². The molecule has 106 valence electrons. The van der Waals surface area contributed by atoms with E-state index in [9.17, 15) is 10.1 Å². The number of fused-ring (bicyclic) bond motifs is 1. The minimum Gasteiger partial charge on any atom is -0.330 e. The fraction of sp³-hybridized carbons (Fsp3) is 0.143. The summed E-state index contributed by atoms with van der Waals surface area (Å²) in [5.74, 6) is 0.692. The molecule has 3 rings (SSSR count). The molecule has 1 aromatic carbocycles. The first-order valence-corrected chi connectivity index (χ1v) is 6.47. The van der Waals surface area contributed by atoms with Crippen LogP contribution in [0.1, 0.15) is 5.82 Å². The minimum absolute atomic E-state index is 0.0510. The van der Waals surface area contributed by atoms with E-state index in [4.69, 9.17) is 5.73 Å². The predicted octanol–water partition coefficient (Wildman–Crippen LogP) is 1.83. The van der Waals surface area contributed by atoms with Gasteiger partial charge < -0.3 is 5.73 Å². The van der Waals surface area contributed by atoms with Gasteiger partial charge in [0.15, 0.2) is 0 Å². The Morgan fingerprint density at radius 1 is 1.29 bits per heavy atom. The summed E-state index contributed by atoms with van der Waals surface area (Å²) in [4.78, 5) is 19.3. The number of hydrogen-bond acceptors (Lipinski definition) is 5. The Kier molecular flexibility index (Phi) is 3.33. The van der Waals surface area contributed by atoms with Crippen LogP contribution in [0.25, 0.3) is 16.6 Å². The number of benzene rings is 1. The van der Waals surface area contributed by atoms with E-state index in [0.29, 0.717) is 35.4 Å². The summed E-state index contributed by atoms with van der Waals surface area (Å²) < 4.78 is 1.72. The number of pyridine rings is 1. The second kappa shape index (κ2) is 5.29. The lowest BCUT2D eigenvalue weighted by Crippen LogP contribution is -2.10. The van der Waals surface area contributed by atoms with Crippen molar-refractivity contribution < 1.29 is 4.92 Å². The predicted molar refractivity (Wildman–Crippen MR) is 78.3 cm³/mol. The number of nitrogens with zero attached hydrogens (tertiary/aromatic N) is 4. The summed E-state index contributed by atoms with van der Waals surface area (Å²) in [6.45, 7) is 0.424. The van der Waals surface area contributed by atoms with Gasteiger partial charge in [-0.05, 0) is 12.6 Å². The van der Waals surface area contributed by atoms with Gasteiger partial charge in [-0.3, -0.25) is 14.7 Å². The first-order chi connectivity index (χ1) is 10.2. The smallest absolute Gasteiger partial charge is 0.312 e. The van der Waals surface area contributed by atoms with Crippen LogP contribution in [-0.2, 0) is 6.42 Å². The molecule has 2 N–H and O–H groups in total. The van der Waals surface area contributed by atoms with Crippen molar-refractivity contribution in [2.45, 2.75) is 6.42 Å². The number of hydrogen-bond donors (Lipinski definition) is 1. The third kappa shape index (κ3) is 2.23. The lowest BCUT2D eigenvalue weighted by Gasteiger charge is -2.10. The van der Waals surface area contributed by atoms with E-state index in [1.807, 2.05) is 24.3 Å². The maximum absolute atomic E-state index is 11.3. The van der Waals surface area contributed by atoms with E-state index in [2.05, 4.69) is 9.97 Å². The van der Waals surface area contributed by atoms with E-state index >= 15 is 0 Å². The van der Waals surface area contributed by atoms with Gasteiger partial charge in [-0.1, -0.05) is 18.2 Å². The number of rotatable bonds is 4. The maximum atomic E-state index is 11.3. The standard InChI is InChI=1S/C14H13N5O2/c15-6-5-13-16-7-8-18(13)14-10-3-1-2-4-11(10)17-9-12(14)19(20)21/h1-4,7-9H,5-6,15H2. The van der Waals surface area contributed by atoms with Crippen molar-refractivity contribution in [2.24, 2.45) is 5.73 Å². The normalized spacial score (nSPS) is 10.9. The molecule has 2 heterocycles. The van der Waals surface area contributed by atoms with Gasteiger partial charge >= 0.3 is 5.69 Å². The Labute approximate surface area is 120 Å². The zero-order chi connectivity index (χ0) is 14.8. The molecule has 0 radical (unpaired) electrons. The van der Waals surface area contributed by atoms with E-state index in [-0.39, 0.29) is 5.69 Å². The molecule has 7 heteroatoms. The lowest BCUT2D eigenvalue weighted by atomic mass is 10.1. The second-order valence-corrected chi connectivity index (χ2v) is 4.52. The Balaban J connectivity index is 2.35. The molecule has 2 aromatic heterocycles. The van der Waals surface area contributed by atoms with Crippen LogP contribution in [0.5, 0.6) is 0 Å². The minimum atomic E-state index is -0.430. The molecule has 0 amide bonds. The van der Waals surface area contributed by atoms with Gasteiger partial charge in [0, 0.05) is 24.2 Å². The fourth-order valence-corrected chi connectivity index (χ4v) is 2.36. The molecular weight excluding hydrogens is 270 g/mol. The van der Waals surface area contributed by atoms with Crippen molar-refractivity contribution in [3.8, 4) is 5.69 Å². The van der Waals surface area contributed by atoms with Crippen molar-refractivity contribution in [2.75, 3.05) is 6.54 Å². The molecule has 0 aliphatic rings. The summed E-state index contributed by atoms with van der Waals surface area (Å²) in [5, 5.41) is 12.0. The van der Waals surface area contributed by atoms with E-state index < -0.39 is 4.92 Å². The highest BCUT2D eigenvalue weighted by Gasteiger charge is 2.21. The maximum Gasteiger partial charge on any atom is 0.312 e. The van der Waals surface area contributed by atoms with E-state index in [1.165, 1.54) is 6.20 Å². The molecule has 3 aromatic rings. The highest BCUT2D eigenvalue weighted by atomic mass is 16.6. The SMILES string of the molecule is NCCc1nccn1-c1c([N+](=O)[O-])cnc2ccccc12. The van der Waals surface area contributed by atoms with Gasteiger partial charge in [-0.2, -0.15) is 0 Å². The summed E-state index contributed by atoms with van der Waals surface area (Å²) in [6.07, 6.45) is 5.15. The van der Waals surface area contributed by atoms with E-state index in [1.54, 1.807) is 17.0 Å². The average Bonchev–Trinajstić information content (AvgIpc) is 2.94. The second-order valence-electron chi connectivity index (χ2n) is 4.52. The van der Waals surface area contributed by atoms with Crippen LogP contribution in [0.3, 0.4) is 0 Å². The van der Waals surface area contributed by atoms with Gasteiger partial charge in [-0.25, -0.2) is 9.97 Å². The average molecular weight is 283 g/mol. The third-order valence-electron chi connectivity index (χ3n) is 3.25. The molecule has 0 atom stereocenters. The molecule has 0 saturated heterocycles. The van der Waals surface area contributed by atoms with Crippen molar-refractivity contribution in [1.82, 2.24) is 14.5 Å². The molecule has 0 aliphatic heterocycles. The Bertz CT molecular complexity index is 812. The molecule has 0 fully saturated rings. The zero-order valence-corrected chi connectivity index (χ0v) is 11.1. The van der Waals surface area contributed by atoms with Gasteiger partial charge in [-0.15, -0.1) is 0 Å².